The number of amides is 1. The molecule has 1 aliphatic carbocycles. The topological polar surface area (TPSA) is 98.7 Å². The quantitative estimate of drug-likeness (QED) is 0.668. The number of hydrogen-bond donors (Lipinski definition) is 3. The largest absolute Gasteiger partial charge is 0.506 e. The molecule has 1 unspecified atom stereocenters. The molecule has 1 aromatic rings. The van der Waals surface area contributed by atoms with Crippen molar-refractivity contribution in [2.45, 2.75) is 29.7 Å². The summed E-state index contributed by atoms with van der Waals surface area (Å²) in [5.74, 6) is -5.18. The van der Waals surface area contributed by atoms with E-state index in [4.69, 9.17) is 0 Å². The van der Waals surface area contributed by atoms with Gasteiger partial charge in [0.25, 0.3) is 11.8 Å². The van der Waals surface area contributed by atoms with E-state index in [0.717, 1.165) is 0 Å². The zero-order chi connectivity index (χ0) is 19.6. The lowest BCUT2D eigenvalue weighted by Crippen LogP contribution is -2.38. The Morgan fingerprint density at radius 1 is 1.44 bits per heavy atom. The van der Waals surface area contributed by atoms with Gasteiger partial charge in [-0.2, -0.15) is 8.42 Å². The first-order valence-corrected chi connectivity index (χ1v) is 10.6. The summed E-state index contributed by atoms with van der Waals surface area (Å²) in [6, 6.07) is 1.00. The fraction of sp³-hybridized carbons (Fsp3) is 0.533. The van der Waals surface area contributed by atoms with Crippen LogP contribution in [0.25, 0.3) is 0 Å². The van der Waals surface area contributed by atoms with Crippen LogP contribution in [-0.2, 0) is 21.4 Å². The van der Waals surface area contributed by atoms with Crippen molar-refractivity contribution in [3.8, 4) is 5.75 Å². The molecule has 2 aliphatic heterocycles. The maximum atomic E-state index is 15.1. The van der Waals surface area contributed by atoms with Gasteiger partial charge in [0, 0.05) is 41.1 Å². The first kappa shape index (κ1) is 18.7. The Kier molecular flexibility index (Phi) is 4.27. The van der Waals surface area contributed by atoms with Crippen molar-refractivity contribution in [3.05, 3.63) is 17.4 Å². The number of anilines is 1. The molecule has 4 rings (SSSR count). The molecule has 1 amide bonds. The van der Waals surface area contributed by atoms with E-state index in [0.29, 0.717) is 15.0 Å². The number of phenols is 1. The van der Waals surface area contributed by atoms with Gasteiger partial charge >= 0.3 is 10.2 Å². The van der Waals surface area contributed by atoms with Crippen molar-refractivity contribution in [2.75, 3.05) is 23.1 Å². The number of fused-ring (bicyclic) bond motifs is 1. The van der Waals surface area contributed by atoms with Crippen LogP contribution in [-0.4, -0.2) is 50.2 Å². The Hall–Kier alpha value is -1.66. The average molecular weight is 423 g/mol. The van der Waals surface area contributed by atoms with Crippen LogP contribution in [0.3, 0.4) is 0 Å². The van der Waals surface area contributed by atoms with Gasteiger partial charge in [-0.3, -0.25) is 4.79 Å². The lowest BCUT2D eigenvalue weighted by Gasteiger charge is -2.28. The molecule has 2 fully saturated rings. The van der Waals surface area contributed by atoms with Crippen molar-refractivity contribution >= 4 is 33.6 Å². The second-order valence-corrected chi connectivity index (χ2v) is 9.51. The zero-order valence-electron chi connectivity index (χ0n) is 13.8. The smallest absolute Gasteiger partial charge is 0.326 e. The molecule has 2 heterocycles. The summed E-state index contributed by atoms with van der Waals surface area (Å²) in [6.07, 6.45) is 0.00564. The van der Waals surface area contributed by atoms with Crippen molar-refractivity contribution < 1.29 is 31.5 Å². The summed E-state index contributed by atoms with van der Waals surface area (Å²) in [7, 11) is -4.27. The molecule has 1 saturated carbocycles. The van der Waals surface area contributed by atoms with Crippen molar-refractivity contribution in [3.63, 3.8) is 0 Å². The summed E-state index contributed by atoms with van der Waals surface area (Å²) in [5, 5.41) is 13.1. The van der Waals surface area contributed by atoms with Crippen LogP contribution in [0, 0.1) is 11.7 Å². The van der Waals surface area contributed by atoms with Gasteiger partial charge in [-0.1, -0.05) is 0 Å². The van der Waals surface area contributed by atoms with Gasteiger partial charge in [0.15, 0.2) is 5.82 Å². The summed E-state index contributed by atoms with van der Waals surface area (Å²) >= 11 is 1.25. The Bertz CT molecular complexity index is 925. The maximum absolute atomic E-state index is 15.1. The third-order valence-corrected chi connectivity index (χ3v) is 7.47. The predicted octanol–water partition coefficient (Wildman–Crippen LogP) is 0.974. The molecule has 7 nitrogen and oxygen atoms in total. The molecule has 3 N–H and O–H groups in total. The fourth-order valence-corrected chi connectivity index (χ4v) is 5.59. The van der Waals surface area contributed by atoms with Crippen LogP contribution in [0.4, 0.5) is 18.9 Å². The van der Waals surface area contributed by atoms with Crippen LogP contribution in [0.1, 0.15) is 12.0 Å². The molecule has 0 aromatic heterocycles. The monoisotopic (exact) mass is 423 g/mol. The number of rotatable bonds is 4. The van der Waals surface area contributed by atoms with E-state index in [1.807, 2.05) is 0 Å². The van der Waals surface area contributed by atoms with Crippen LogP contribution < -0.4 is 14.3 Å². The number of halogens is 3. The van der Waals surface area contributed by atoms with Gasteiger partial charge in [0.2, 0.25) is 0 Å². The van der Waals surface area contributed by atoms with E-state index in [9.17, 15) is 27.1 Å². The highest BCUT2D eigenvalue weighted by molar-refractivity contribution is 7.99. The van der Waals surface area contributed by atoms with Gasteiger partial charge in [0.1, 0.15) is 18.0 Å². The molecule has 148 valence electrons. The molecule has 0 radical (unpaired) electrons. The van der Waals surface area contributed by atoms with Crippen molar-refractivity contribution in [1.82, 2.24) is 10.0 Å². The van der Waals surface area contributed by atoms with Gasteiger partial charge in [-0.05, 0) is 12.5 Å². The lowest BCUT2D eigenvalue weighted by atomic mass is 10.0. The van der Waals surface area contributed by atoms with Crippen LogP contribution in [0.15, 0.2) is 11.0 Å². The summed E-state index contributed by atoms with van der Waals surface area (Å²) in [5.41, 5.74) is -0.393. The molecular weight excluding hydrogens is 407 g/mol. The highest BCUT2D eigenvalue weighted by atomic mass is 32.2. The molecular formula is C15H16F3N3O4S2. The number of benzene rings is 1. The summed E-state index contributed by atoms with van der Waals surface area (Å²) in [6.45, 7) is -0.504. The number of nitrogens with zero attached hydrogens (tertiary/aromatic N) is 1. The van der Waals surface area contributed by atoms with Gasteiger partial charge in [-0.15, -0.1) is 11.8 Å². The first-order chi connectivity index (χ1) is 12.6. The minimum atomic E-state index is -4.27. The molecule has 1 aromatic carbocycles. The number of aromatic hydroxyl groups is 1. The zero-order valence-corrected chi connectivity index (χ0v) is 15.5. The lowest BCUT2D eigenvalue weighted by molar-refractivity contribution is -0.117. The van der Waals surface area contributed by atoms with E-state index < -0.39 is 51.8 Å². The minimum Gasteiger partial charge on any atom is -0.506 e. The SMILES string of the molecule is O=C1CN(c2c(O)cc3c(c2F)C[C@H](NCC2CC2(F)F)CS3)S(=O)(=O)N1. The van der Waals surface area contributed by atoms with E-state index in [2.05, 4.69) is 5.32 Å². The Balaban J connectivity index is 1.59. The van der Waals surface area contributed by atoms with Gasteiger partial charge in [-0.25, -0.2) is 22.2 Å². The number of carbonyl (C=O) groups excluding carboxylic acids is 1. The van der Waals surface area contributed by atoms with Crippen molar-refractivity contribution in [2.24, 2.45) is 5.92 Å². The summed E-state index contributed by atoms with van der Waals surface area (Å²) < 4.78 is 67.3. The van der Waals surface area contributed by atoms with E-state index >= 15 is 4.39 Å². The number of carbonyl (C=O) groups is 1. The van der Waals surface area contributed by atoms with Gasteiger partial charge in [0.05, 0.1) is 0 Å². The van der Waals surface area contributed by atoms with E-state index in [1.165, 1.54) is 17.8 Å². The highest BCUT2D eigenvalue weighted by Gasteiger charge is 2.56. The third-order valence-electron chi connectivity index (χ3n) is 4.85. The Labute approximate surface area is 157 Å². The molecule has 2 atom stereocenters. The number of hydrogen-bond acceptors (Lipinski definition) is 6. The minimum absolute atomic E-state index is 0.124. The van der Waals surface area contributed by atoms with E-state index in [1.54, 1.807) is 4.72 Å². The van der Waals surface area contributed by atoms with Crippen molar-refractivity contribution in [1.29, 1.82) is 0 Å². The third kappa shape index (κ3) is 3.34. The fourth-order valence-electron chi connectivity index (χ4n) is 3.27. The second kappa shape index (κ2) is 6.17. The highest BCUT2D eigenvalue weighted by Crippen LogP contribution is 2.48. The number of nitrogens with one attached hydrogen (secondary N) is 2. The molecule has 3 aliphatic rings. The Morgan fingerprint density at radius 3 is 2.74 bits per heavy atom. The predicted molar refractivity (Wildman–Crippen MR) is 91.7 cm³/mol. The van der Waals surface area contributed by atoms with Crippen LogP contribution in [0.5, 0.6) is 5.75 Å². The van der Waals surface area contributed by atoms with Gasteiger partial charge < -0.3 is 10.4 Å². The first-order valence-electron chi connectivity index (χ1n) is 8.20. The number of thioether (sulfide) groups is 1. The molecule has 1 saturated heterocycles. The normalized spacial score (nSPS) is 28.0. The van der Waals surface area contributed by atoms with E-state index in [-0.39, 0.29) is 31.0 Å². The number of alkyl halides is 2. The molecule has 0 bridgehead atoms. The molecule has 27 heavy (non-hydrogen) atoms. The van der Waals surface area contributed by atoms with Crippen LogP contribution >= 0.6 is 11.8 Å². The second-order valence-electron chi connectivity index (χ2n) is 6.85. The molecule has 12 heteroatoms. The molecule has 0 spiro atoms. The average Bonchev–Trinajstić information content (AvgIpc) is 3.08. The summed E-state index contributed by atoms with van der Waals surface area (Å²) in [4.78, 5) is 11.9. The maximum Gasteiger partial charge on any atom is 0.326 e. The van der Waals surface area contributed by atoms with Crippen LogP contribution in [0.2, 0.25) is 0 Å². The number of phenolic OH excluding ortho intramolecular Hbond substituents is 1. The standard InChI is InChI=1S/C15H16F3N3O4S2/c16-13-9-1-8(19-4-7-3-15(7,17)18)6-26-11(9)2-10(22)14(13)21-5-12(23)20-27(21,24)25/h2,7-8,19,22H,1,3-6H2,(H,20,23)/t7?,8-/m0/s1. The Morgan fingerprint density at radius 2 is 2.15 bits per heavy atom.